The molecule has 0 aromatic heterocycles. The second-order valence-electron chi connectivity index (χ2n) is 6.40. The van der Waals surface area contributed by atoms with Gasteiger partial charge in [-0.2, -0.15) is 0 Å². The SMILES string of the molecule is CNCCN(C)C(=O)c1cc(S(=O)(=O)N(C)C)ccc1N1CCOCC1.Cl. The van der Waals surface area contributed by atoms with E-state index in [2.05, 4.69) is 10.2 Å². The molecule has 8 nitrogen and oxygen atoms in total. The van der Waals surface area contributed by atoms with Crippen molar-refractivity contribution in [1.82, 2.24) is 14.5 Å². The number of nitrogens with one attached hydrogen (secondary N) is 1. The summed E-state index contributed by atoms with van der Waals surface area (Å²) in [5.74, 6) is -0.197. The molecule has 1 aromatic carbocycles. The zero-order valence-electron chi connectivity index (χ0n) is 16.3. The fraction of sp³-hybridized carbons (Fsp3) is 0.588. The van der Waals surface area contributed by atoms with Crippen molar-refractivity contribution in [1.29, 1.82) is 0 Å². The molecule has 27 heavy (non-hydrogen) atoms. The van der Waals surface area contributed by atoms with Crippen molar-refractivity contribution in [2.45, 2.75) is 4.90 Å². The first kappa shape index (κ1) is 23.6. The van der Waals surface area contributed by atoms with Gasteiger partial charge in [-0.25, -0.2) is 12.7 Å². The Balaban J connectivity index is 0.00000364. The number of anilines is 1. The van der Waals surface area contributed by atoms with E-state index in [0.717, 1.165) is 9.99 Å². The van der Waals surface area contributed by atoms with Crippen molar-refractivity contribution in [2.75, 3.05) is 72.5 Å². The summed E-state index contributed by atoms with van der Waals surface area (Å²) in [5, 5.41) is 3.01. The van der Waals surface area contributed by atoms with Gasteiger partial charge in [0.1, 0.15) is 0 Å². The molecule has 1 aliphatic heterocycles. The molecular weight excluding hydrogens is 392 g/mol. The first-order valence-corrected chi connectivity index (χ1v) is 10.0. The number of carbonyl (C=O) groups excluding carboxylic acids is 1. The third-order valence-corrected chi connectivity index (χ3v) is 6.18. The topological polar surface area (TPSA) is 82.2 Å². The van der Waals surface area contributed by atoms with Crippen LogP contribution in [0.1, 0.15) is 10.4 Å². The lowest BCUT2D eigenvalue weighted by Crippen LogP contribution is -2.39. The van der Waals surface area contributed by atoms with Gasteiger partial charge in [0.25, 0.3) is 5.91 Å². The number of hydrogen-bond acceptors (Lipinski definition) is 6. The van der Waals surface area contributed by atoms with Gasteiger partial charge in [0.2, 0.25) is 10.0 Å². The van der Waals surface area contributed by atoms with Gasteiger partial charge in [0.05, 0.1) is 23.7 Å². The minimum atomic E-state index is -3.62. The molecule has 1 heterocycles. The third-order valence-electron chi connectivity index (χ3n) is 4.37. The van der Waals surface area contributed by atoms with E-state index in [1.54, 1.807) is 24.1 Å². The zero-order chi connectivity index (χ0) is 19.3. The molecule has 1 aliphatic rings. The molecule has 1 aromatic rings. The molecule has 0 radical (unpaired) electrons. The van der Waals surface area contributed by atoms with Crippen LogP contribution in [0.15, 0.2) is 23.1 Å². The summed E-state index contributed by atoms with van der Waals surface area (Å²) >= 11 is 0. The minimum absolute atomic E-state index is 0. The fourth-order valence-corrected chi connectivity index (χ4v) is 3.65. The average molecular weight is 421 g/mol. The molecule has 0 bridgehead atoms. The third kappa shape index (κ3) is 5.55. The van der Waals surface area contributed by atoms with Crippen LogP contribution < -0.4 is 10.2 Å². The van der Waals surface area contributed by atoms with Gasteiger partial charge in [0, 0.05) is 53.0 Å². The van der Waals surface area contributed by atoms with Crippen molar-refractivity contribution in [2.24, 2.45) is 0 Å². The maximum Gasteiger partial charge on any atom is 0.255 e. The van der Waals surface area contributed by atoms with Crippen molar-refractivity contribution in [3.8, 4) is 0 Å². The van der Waals surface area contributed by atoms with E-state index in [0.29, 0.717) is 45.0 Å². The Morgan fingerprint density at radius 1 is 1.22 bits per heavy atom. The summed E-state index contributed by atoms with van der Waals surface area (Å²) in [4.78, 5) is 16.8. The summed E-state index contributed by atoms with van der Waals surface area (Å²) < 4.78 is 31.5. The highest BCUT2D eigenvalue weighted by atomic mass is 35.5. The normalized spacial score (nSPS) is 14.8. The van der Waals surface area contributed by atoms with Crippen LogP contribution in [0.25, 0.3) is 0 Å². The average Bonchev–Trinajstić information content (AvgIpc) is 2.65. The quantitative estimate of drug-likeness (QED) is 0.691. The Hall–Kier alpha value is -1.39. The summed E-state index contributed by atoms with van der Waals surface area (Å²) in [7, 11) is 2.88. The lowest BCUT2D eigenvalue weighted by molar-refractivity contribution is 0.0796. The van der Waals surface area contributed by atoms with Gasteiger partial charge in [0.15, 0.2) is 0 Å². The first-order chi connectivity index (χ1) is 12.3. The molecule has 0 aliphatic carbocycles. The largest absolute Gasteiger partial charge is 0.378 e. The lowest BCUT2D eigenvalue weighted by Gasteiger charge is -2.31. The van der Waals surface area contributed by atoms with E-state index in [4.69, 9.17) is 4.74 Å². The van der Waals surface area contributed by atoms with Crippen LogP contribution in [-0.2, 0) is 14.8 Å². The number of likely N-dealkylation sites (N-methyl/N-ethyl adjacent to an activating group) is 2. The molecule has 1 saturated heterocycles. The number of ether oxygens (including phenoxy) is 1. The van der Waals surface area contributed by atoms with Gasteiger partial charge in [-0.1, -0.05) is 0 Å². The highest BCUT2D eigenvalue weighted by molar-refractivity contribution is 7.89. The second kappa shape index (κ2) is 10.2. The summed E-state index contributed by atoms with van der Waals surface area (Å²) in [5.41, 5.74) is 1.14. The zero-order valence-corrected chi connectivity index (χ0v) is 17.9. The van der Waals surface area contributed by atoms with Gasteiger partial charge >= 0.3 is 0 Å². The number of nitrogens with zero attached hydrogens (tertiary/aromatic N) is 3. The number of rotatable bonds is 7. The van der Waals surface area contributed by atoms with E-state index in [-0.39, 0.29) is 23.2 Å². The van der Waals surface area contributed by atoms with Crippen molar-refractivity contribution in [3.63, 3.8) is 0 Å². The molecule has 0 spiro atoms. The number of morpholine rings is 1. The predicted molar refractivity (Wildman–Crippen MR) is 108 cm³/mol. The summed E-state index contributed by atoms with van der Waals surface area (Å²) in [6, 6.07) is 4.77. The van der Waals surface area contributed by atoms with E-state index in [1.165, 1.54) is 20.2 Å². The predicted octanol–water partition coefficient (Wildman–Crippen LogP) is 0.487. The number of amides is 1. The van der Waals surface area contributed by atoms with Crippen LogP contribution in [0.5, 0.6) is 0 Å². The van der Waals surface area contributed by atoms with E-state index in [9.17, 15) is 13.2 Å². The molecule has 10 heteroatoms. The molecular formula is C17H29ClN4O4S. The van der Waals surface area contributed by atoms with Crippen molar-refractivity contribution >= 4 is 34.0 Å². The smallest absolute Gasteiger partial charge is 0.255 e. The Morgan fingerprint density at radius 2 is 1.85 bits per heavy atom. The molecule has 1 N–H and O–H groups in total. The van der Waals surface area contributed by atoms with Crippen molar-refractivity contribution in [3.05, 3.63) is 23.8 Å². The molecule has 1 fully saturated rings. The number of benzene rings is 1. The Bertz CT molecular complexity index is 736. The Kier molecular flexibility index (Phi) is 8.97. The van der Waals surface area contributed by atoms with Gasteiger partial charge in [-0.3, -0.25) is 4.79 Å². The van der Waals surface area contributed by atoms with Gasteiger partial charge in [-0.15, -0.1) is 12.4 Å². The first-order valence-electron chi connectivity index (χ1n) is 8.58. The molecule has 0 saturated carbocycles. The van der Waals surface area contributed by atoms with Gasteiger partial charge < -0.3 is 19.9 Å². The Morgan fingerprint density at radius 3 is 2.41 bits per heavy atom. The highest BCUT2D eigenvalue weighted by Crippen LogP contribution is 2.27. The second-order valence-corrected chi connectivity index (χ2v) is 8.55. The van der Waals surface area contributed by atoms with Crippen LogP contribution in [0.2, 0.25) is 0 Å². The molecule has 0 unspecified atom stereocenters. The maximum absolute atomic E-state index is 13.0. The maximum atomic E-state index is 13.0. The number of sulfonamides is 1. The molecule has 0 atom stereocenters. The summed E-state index contributed by atoms with van der Waals surface area (Å²) in [6.07, 6.45) is 0. The minimum Gasteiger partial charge on any atom is -0.378 e. The van der Waals surface area contributed by atoms with Crippen molar-refractivity contribution < 1.29 is 17.9 Å². The van der Waals surface area contributed by atoms with Gasteiger partial charge in [-0.05, 0) is 25.2 Å². The highest BCUT2D eigenvalue weighted by Gasteiger charge is 2.25. The Labute approximate surface area is 167 Å². The van der Waals surface area contributed by atoms with E-state index < -0.39 is 10.0 Å². The van der Waals surface area contributed by atoms with Crippen LogP contribution >= 0.6 is 12.4 Å². The molecule has 154 valence electrons. The number of carbonyl (C=O) groups is 1. The monoisotopic (exact) mass is 420 g/mol. The van der Waals surface area contributed by atoms with Crippen LogP contribution in [0.4, 0.5) is 5.69 Å². The molecule has 2 rings (SSSR count). The lowest BCUT2D eigenvalue weighted by atomic mass is 10.1. The van der Waals surface area contributed by atoms with Crippen LogP contribution in [0.3, 0.4) is 0 Å². The number of halogens is 1. The van der Waals surface area contributed by atoms with Crippen LogP contribution in [-0.4, -0.2) is 91.1 Å². The number of hydrogen-bond donors (Lipinski definition) is 1. The standard InChI is InChI=1S/C17H28N4O4S.ClH/c1-18-7-8-20(4)17(22)15-13-14(26(23,24)19(2)3)5-6-16(15)21-9-11-25-12-10-21;/h5-6,13,18H,7-12H2,1-4H3;1H. The van der Waals surface area contributed by atoms with E-state index >= 15 is 0 Å². The summed E-state index contributed by atoms with van der Waals surface area (Å²) in [6.45, 7) is 3.69. The molecule has 1 amide bonds. The fourth-order valence-electron chi connectivity index (χ4n) is 2.72. The van der Waals surface area contributed by atoms with Crippen LogP contribution in [0, 0.1) is 0 Å². The van der Waals surface area contributed by atoms with E-state index in [1.807, 2.05) is 7.05 Å².